The van der Waals surface area contributed by atoms with Crippen LogP contribution in [0.5, 0.6) is 0 Å². The van der Waals surface area contributed by atoms with Gasteiger partial charge in [0.25, 0.3) is 5.56 Å². The third-order valence-corrected chi connectivity index (χ3v) is 7.98. The maximum Gasteiger partial charge on any atom is 0.337 e. The second kappa shape index (κ2) is 9.38. The molecule has 0 spiro atoms. The van der Waals surface area contributed by atoms with Crippen molar-refractivity contribution in [1.29, 1.82) is 0 Å². The number of hydrogen-bond acceptors (Lipinski definition) is 5. The first-order valence-corrected chi connectivity index (χ1v) is 13.3. The van der Waals surface area contributed by atoms with Crippen molar-refractivity contribution < 1.29 is 14.6 Å². The van der Waals surface area contributed by atoms with E-state index in [-0.39, 0.29) is 5.56 Å². The zero-order valence-corrected chi connectivity index (χ0v) is 23.6. The Balaban J connectivity index is 1.79. The molecule has 196 valence electrons. The van der Waals surface area contributed by atoms with Crippen molar-refractivity contribution >= 4 is 50.0 Å². The zero-order chi connectivity index (χ0) is 27.5. The molecule has 5 rings (SSSR count). The average Bonchev–Trinajstić information content (AvgIpc) is 3.36. The Morgan fingerprint density at radius 3 is 2.34 bits per heavy atom. The molecule has 38 heavy (non-hydrogen) atoms. The van der Waals surface area contributed by atoms with Crippen molar-refractivity contribution in [2.45, 2.75) is 39.4 Å². The molecule has 0 aliphatic heterocycles. The third kappa shape index (κ3) is 4.53. The normalized spacial score (nSPS) is 12.9. The second-order valence-electron chi connectivity index (χ2n) is 10.4. The quantitative estimate of drug-likeness (QED) is 0.263. The number of aliphatic carboxylic acids is 1. The molecule has 0 saturated heterocycles. The summed E-state index contributed by atoms with van der Waals surface area (Å²) in [7, 11) is 3.59. The number of carboxylic acids is 1. The lowest BCUT2D eigenvalue weighted by Crippen LogP contribution is -2.28. The van der Waals surface area contributed by atoms with Crippen LogP contribution in [0.1, 0.15) is 38.0 Å². The molecule has 0 radical (unpaired) electrons. The van der Waals surface area contributed by atoms with Crippen LogP contribution in [-0.4, -0.2) is 31.0 Å². The van der Waals surface area contributed by atoms with E-state index in [9.17, 15) is 14.7 Å². The molecule has 1 unspecified atom stereocenters. The molecule has 0 amide bonds. The number of rotatable bonds is 5. The predicted molar refractivity (Wildman–Crippen MR) is 153 cm³/mol. The number of carbonyl (C=O) groups is 1. The molecule has 2 aromatic heterocycles. The lowest BCUT2D eigenvalue weighted by atomic mass is 9.91. The van der Waals surface area contributed by atoms with Crippen molar-refractivity contribution in [1.82, 2.24) is 14.3 Å². The summed E-state index contributed by atoms with van der Waals surface area (Å²) in [4.78, 5) is 30.0. The van der Waals surface area contributed by atoms with Crippen LogP contribution in [0.15, 0.2) is 53.3 Å². The minimum atomic E-state index is -1.18. The van der Waals surface area contributed by atoms with E-state index >= 15 is 0 Å². The van der Waals surface area contributed by atoms with E-state index < -0.39 is 17.7 Å². The number of nitrogens with zero attached hydrogens (tertiary/aromatic N) is 3. The Morgan fingerprint density at radius 1 is 1.05 bits per heavy atom. The maximum atomic E-state index is 12.5. The number of carboxylic acid groups (broad SMARTS) is 1. The standard InChI is InChI=1S/C29H28ClN3O4S/c1-15-13-20-25(38-26(31-20)17-9-12-19-21(14-17)32(5)33(6)27(19)34)23(16-7-10-18(30)11-8-16)22(15)24(28(35)36)37-29(2,3)4/h7-14,24H,1-6H3,(H,35,36). The summed E-state index contributed by atoms with van der Waals surface area (Å²) in [5.74, 6) is -1.06. The molecule has 1 N–H and O–H groups in total. The Labute approximate surface area is 228 Å². The van der Waals surface area contributed by atoms with Gasteiger partial charge in [0.05, 0.1) is 26.7 Å². The molecular weight excluding hydrogens is 522 g/mol. The van der Waals surface area contributed by atoms with E-state index in [1.165, 1.54) is 11.3 Å². The van der Waals surface area contributed by atoms with Gasteiger partial charge < -0.3 is 9.84 Å². The van der Waals surface area contributed by atoms with Crippen LogP contribution in [0, 0.1) is 6.92 Å². The molecule has 3 aromatic carbocycles. The minimum absolute atomic E-state index is 0.0535. The van der Waals surface area contributed by atoms with E-state index in [0.717, 1.165) is 43.0 Å². The van der Waals surface area contributed by atoms with Gasteiger partial charge in [-0.3, -0.25) is 14.2 Å². The summed E-state index contributed by atoms with van der Waals surface area (Å²) in [6.45, 7) is 7.42. The SMILES string of the molecule is Cc1cc2nc(-c3ccc4c(=O)n(C)n(C)c4c3)sc2c(-c2ccc(Cl)cc2)c1C(OC(C)(C)C)C(=O)O. The number of ether oxygens (including phenoxy) is 1. The monoisotopic (exact) mass is 549 g/mol. The zero-order valence-electron chi connectivity index (χ0n) is 22.0. The van der Waals surface area contributed by atoms with Gasteiger partial charge in [-0.2, -0.15) is 0 Å². The average molecular weight is 550 g/mol. The minimum Gasteiger partial charge on any atom is -0.479 e. The highest BCUT2D eigenvalue weighted by Crippen LogP contribution is 2.44. The summed E-state index contributed by atoms with van der Waals surface area (Å²) < 4.78 is 10.3. The van der Waals surface area contributed by atoms with E-state index in [1.807, 2.05) is 75.8 Å². The Bertz CT molecular complexity index is 1770. The number of aromatic nitrogens is 3. The second-order valence-corrected chi connectivity index (χ2v) is 11.8. The highest BCUT2D eigenvalue weighted by molar-refractivity contribution is 7.22. The predicted octanol–water partition coefficient (Wildman–Crippen LogP) is 6.72. The molecule has 0 aliphatic rings. The van der Waals surface area contributed by atoms with Gasteiger partial charge in [-0.15, -0.1) is 11.3 Å². The lowest BCUT2D eigenvalue weighted by Gasteiger charge is -2.28. The number of hydrogen-bond donors (Lipinski definition) is 1. The van der Waals surface area contributed by atoms with Crippen LogP contribution in [-0.2, 0) is 23.6 Å². The largest absolute Gasteiger partial charge is 0.479 e. The van der Waals surface area contributed by atoms with E-state index in [1.54, 1.807) is 23.9 Å². The number of benzene rings is 3. The summed E-state index contributed by atoms with van der Waals surface area (Å²) >= 11 is 7.68. The molecule has 9 heteroatoms. The molecule has 2 heterocycles. The Kier molecular flexibility index (Phi) is 6.46. The summed E-state index contributed by atoms with van der Waals surface area (Å²) in [5, 5.41) is 12.3. The van der Waals surface area contributed by atoms with Gasteiger partial charge in [0, 0.05) is 35.8 Å². The van der Waals surface area contributed by atoms with Crippen molar-refractivity contribution in [3.05, 3.63) is 75.0 Å². The van der Waals surface area contributed by atoms with Gasteiger partial charge in [-0.1, -0.05) is 29.8 Å². The fourth-order valence-corrected chi connectivity index (χ4v) is 5.99. The van der Waals surface area contributed by atoms with Crippen molar-refractivity contribution in [3.63, 3.8) is 0 Å². The number of halogens is 1. The van der Waals surface area contributed by atoms with Crippen LogP contribution in [0.3, 0.4) is 0 Å². The highest BCUT2D eigenvalue weighted by Gasteiger charge is 2.32. The molecule has 5 aromatic rings. The van der Waals surface area contributed by atoms with Crippen molar-refractivity contribution in [3.8, 4) is 21.7 Å². The highest BCUT2D eigenvalue weighted by atomic mass is 35.5. The summed E-state index contributed by atoms with van der Waals surface area (Å²) in [6.07, 6.45) is -1.18. The first kappa shape index (κ1) is 26.2. The Morgan fingerprint density at radius 2 is 1.71 bits per heavy atom. The van der Waals surface area contributed by atoms with Gasteiger partial charge in [0.1, 0.15) is 5.01 Å². The summed E-state index contributed by atoms with van der Waals surface area (Å²) in [5.41, 5.74) is 4.69. The smallest absolute Gasteiger partial charge is 0.337 e. The van der Waals surface area contributed by atoms with Gasteiger partial charge >= 0.3 is 5.97 Å². The fourth-order valence-electron chi connectivity index (χ4n) is 4.75. The first-order valence-electron chi connectivity index (χ1n) is 12.1. The topological polar surface area (TPSA) is 86.4 Å². The van der Waals surface area contributed by atoms with Gasteiger partial charge in [0.15, 0.2) is 6.10 Å². The third-order valence-electron chi connectivity index (χ3n) is 6.59. The Hall–Kier alpha value is -3.46. The number of aryl methyl sites for hydroxylation is 2. The van der Waals surface area contributed by atoms with Gasteiger partial charge in [0.2, 0.25) is 0 Å². The first-order chi connectivity index (χ1) is 17.9. The van der Waals surface area contributed by atoms with Crippen LogP contribution in [0.4, 0.5) is 0 Å². The van der Waals surface area contributed by atoms with Crippen LogP contribution >= 0.6 is 22.9 Å². The number of thiazole rings is 1. The maximum absolute atomic E-state index is 12.5. The molecule has 0 fully saturated rings. The molecule has 1 atom stereocenters. The summed E-state index contributed by atoms with van der Waals surface area (Å²) in [6, 6.07) is 15.0. The molecule has 0 aliphatic carbocycles. The van der Waals surface area contributed by atoms with E-state index in [4.69, 9.17) is 21.3 Å². The van der Waals surface area contributed by atoms with E-state index in [2.05, 4.69) is 0 Å². The molecule has 0 bridgehead atoms. The van der Waals surface area contributed by atoms with Gasteiger partial charge in [-0.25, -0.2) is 9.78 Å². The van der Waals surface area contributed by atoms with Gasteiger partial charge in [-0.05, 0) is 69.2 Å². The van der Waals surface area contributed by atoms with Crippen LogP contribution < -0.4 is 5.56 Å². The van der Waals surface area contributed by atoms with Crippen LogP contribution in [0.25, 0.3) is 42.8 Å². The molecular formula is C29H28ClN3O4S. The molecule has 0 saturated carbocycles. The van der Waals surface area contributed by atoms with Crippen molar-refractivity contribution in [2.24, 2.45) is 14.1 Å². The fraction of sp³-hybridized carbons (Fsp3) is 0.276. The van der Waals surface area contributed by atoms with Crippen LogP contribution in [0.2, 0.25) is 5.02 Å². The molecule has 7 nitrogen and oxygen atoms in total. The van der Waals surface area contributed by atoms with E-state index in [0.29, 0.717) is 16.0 Å². The van der Waals surface area contributed by atoms with Crippen molar-refractivity contribution in [2.75, 3.05) is 0 Å². The number of fused-ring (bicyclic) bond motifs is 2. The lowest BCUT2D eigenvalue weighted by molar-refractivity contribution is -0.160.